The molecule has 0 aliphatic rings. The quantitative estimate of drug-likeness (QED) is 0.462. The van der Waals surface area contributed by atoms with Crippen LogP contribution in [0.25, 0.3) is 0 Å². The number of hydrogen-bond donors (Lipinski definition) is 3. The smallest absolute Gasteiger partial charge is 0.233 e. The van der Waals surface area contributed by atoms with Gasteiger partial charge in [0.25, 0.3) is 0 Å². The van der Waals surface area contributed by atoms with Gasteiger partial charge in [-0.05, 0) is 5.92 Å². The summed E-state index contributed by atoms with van der Waals surface area (Å²) in [4.78, 5) is 22.6. The molecule has 0 bridgehead atoms. The highest BCUT2D eigenvalue weighted by Crippen LogP contribution is 1.86. The lowest BCUT2D eigenvalue weighted by Gasteiger charge is -2.08. The molecule has 0 unspecified atom stereocenters. The van der Waals surface area contributed by atoms with Crippen molar-refractivity contribution < 1.29 is 14.3 Å². The predicted molar refractivity (Wildman–Crippen MR) is 70.2 cm³/mol. The molecule has 106 valence electrons. The maximum Gasteiger partial charge on any atom is 0.233 e. The van der Waals surface area contributed by atoms with Crippen LogP contribution in [0.4, 0.5) is 0 Å². The summed E-state index contributed by atoms with van der Waals surface area (Å²) in [5.74, 6) is 0.367. The van der Waals surface area contributed by atoms with Crippen LogP contribution in [0.3, 0.4) is 0 Å². The van der Waals surface area contributed by atoms with Crippen molar-refractivity contribution in [2.45, 2.75) is 20.3 Å². The Balaban J connectivity index is 3.38. The summed E-state index contributed by atoms with van der Waals surface area (Å²) < 4.78 is 4.81. The molecular formula is C12H25N3O3. The van der Waals surface area contributed by atoms with Gasteiger partial charge in [0.2, 0.25) is 11.8 Å². The number of rotatable bonds is 10. The molecule has 0 saturated heterocycles. The Bertz CT molecular complexity index is 245. The molecule has 0 fully saturated rings. The van der Waals surface area contributed by atoms with Gasteiger partial charge < -0.3 is 20.7 Å². The fraction of sp³-hybridized carbons (Fsp3) is 0.833. The first-order valence-corrected chi connectivity index (χ1v) is 6.29. The molecule has 0 radical (unpaired) electrons. The zero-order valence-electron chi connectivity index (χ0n) is 11.5. The number of amides is 2. The Labute approximate surface area is 109 Å². The minimum atomic E-state index is -0.0397. The Morgan fingerprint density at radius 1 is 1.11 bits per heavy atom. The lowest BCUT2D eigenvalue weighted by Crippen LogP contribution is -2.37. The van der Waals surface area contributed by atoms with Crippen LogP contribution in [0.1, 0.15) is 20.3 Å². The lowest BCUT2D eigenvalue weighted by molar-refractivity contribution is -0.122. The summed E-state index contributed by atoms with van der Waals surface area (Å²) in [6, 6.07) is 0. The van der Waals surface area contributed by atoms with Crippen LogP contribution >= 0.6 is 0 Å². The van der Waals surface area contributed by atoms with E-state index in [4.69, 9.17) is 4.74 Å². The maximum absolute atomic E-state index is 11.3. The first-order chi connectivity index (χ1) is 8.56. The zero-order valence-corrected chi connectivity index (χ0v) is 11.5. The largest absolute Gasteiger partial charge is 0.383 e. The van der Waals surface area contributed by atoms with Gasteiger partial charge in [0.05, 0.1) is 13.2 Å². The van der Waals surface area contributed by atoms with E-state index in [1.807, 2.05) is 13.8 Å². The van der Waals surface area contributed by atoms with Gasteiger partial charge in [-0.25, -0.2) is 0 Å². The first-order valence-electron chi connectivity index (χ1n) is 6.29. The Morgan fingerprint density at radius 2 is 1.83 bits per heavy atom. The molecule has 0 aliphatic heterocycles. The third kappa shape index (κ3) is 11.3. The van der Waals surface area contributed by atoms with Crippen LogP contribution in [0.15, 0.2) is 0 Å². The van der Waals surface area contributed by atoms with E-state index >= 15 is 0 Å². The molecule has 0 aromatic heterocycles. The van der Waals surface area contributed by atoms with Crippen LogP contribution in [0.2, 0.25) is 0 Å². The molecule has 0 aromatic carbocycles. The second kappa shape index (κ2) is 11.0. The highest BCUT2D eigenvalue weighted by atomic mass is 16.5. The molecule has 6 nitrogen and oxygen atoms in total. The highest BCUT2D eigenvalue weighted by Gasteiger charge is 2.03. The molecule has 6 heteroatoms. The fourth-order valence-corrected chi connectivity index (χ4v) is 1.17. The van der Waals surface area contributed by atoms with Gasteiger partial charge in [-0.1, -0.05) is 13.8 Å². The summed E-state index contributed by atoms with van der Waals surface area (Å²) in [7, 11) is 1.59. The molecule has 0 rings (SSSR count). The van der Waals surface area contributed by atoms with Crippen molar-refractivity contribution in [3.63, 3.8) is 0 Å². The van der Waals surface area contributed by atoms with Crippen LogP contribution in [-0.2, 0) is 14.3 Å². The van der Waals surface area contributed by atoms with E-state index in [0.717, 1.165) is 0 Å². The average molecular weight is 259 g/mol. The average Bonchev–Trinajstić information content (AvgIpc) is 2.32. The van der Waals surface area contributed by atoms with Crippen LogP contribution in [0.5, 0.6) is 0 Å². The van der Waals surface area contributed by atoms with Gasteiger partial charge in [-0.3, -0.25) is 9.59 Å². The molecule has 2 amide bonds. The van der Waals surface area contributed by atoms with Crippen molar-refractivity contribution in [3.05, 3.63) is 0 Å². The van der Waals surface area contributed by atoms with Crippen molar-refractivity contribution in [2.24, 2.45) is 5.92 Å². The van der Waals surface area contributed by atoms with E-state index < -0.39 is 0 Å². The second-order valence-corrected chi connectivity index (χ2v) is 4.47. The zero-order chi connectivity index (χ0) is 13.8. The molecular weight excluding hydrogens is 234 g/mol. The lowest BCUT2D eigenvalue weighted by atomic mass is 10.2. The van der Waals surface area contributed by atoms with Crippen LogP contribution in [-0.4, -0.2) is 51.7 Å². The summed E-state index contributed by atoms with van der Waals surface area (Å²) in [5, 5.41) is 8.43. The molecule has 3 N–H and O–H groups in total. The summed E-state index contributed by atoms with van der Waals surface area (Å²) >= 11 is 0. The molecule has 18 heavy (non-hydrogen) atoms. The fourth-order valence-electron chi connectivity index (χ4n) is 1.17. The van der Waals surface area contributed by atoms with Gasteiger partial charge in [0, 0.05) is 33.2 Å². The number of nitrogens with one attached hydrogen (secondary N) is 3. The maximum atomic E-state index is 11.3. The standard InChI is InChI=1S/C12H25N3O3/c1-10(2)8-15-12(17)9-13-5-4-11(16)14-6-7-18-3/h10,13H,4-9H2,1-3H3,(H,14,16)(H,15,17). The van der Waals surface area contributed by atoms with Crippen molar-refractivity contribution in [1.82, 2.24) is 16.0 Å². The minimum Gasteiger partial charge on any atom is -0.383 e. The van der Waals surface area contributed by atoms with Gasteiger partial charge in [-0.15, -0.1) is 0 Å². The van der Waals surface area contributed by atoms with Crippen LogP contribution < -0.4 is 16.0 Å². The SMILES string of the molecule is COCCNC(=O)CCNCC(=O)NCC(C)C. The number of methoxy groups -OCH3 is 1. The van der Waals surface area contributed by atoms with E-state index in [1.54, 1.807) is 7.11 Å². The van der Waals surface area contributed by atoms with Crippen molar-refractivity contribution >= 4 is 11.8 Å². The van der Waals surface area contributed by atoms with E-state index in [0.29, 0.717) is 38.6 Å². The molecule has 0 heterocycles. The van der Waals surface area contributed by atoms with Gasteiger partial charge >= 0.3 is 0 Å². The Hall–Kier alpha value is -1.14. The number of hydrogen-bond acceptors (Lipinski definition) is 4. The second-order valence-electron chi connectivity index (χ2n) is 4.47. The molecule has 0 aliphatic carbocycles. The van der Waals surface area contributed by atoms with Crippen molar-refractivity contribution in [3.8, 4) is 0 Å². The molecule has 0 atom stereocenters. The van der Waals surface area contributed by atoms with Gasteiger partial charge in [0.15, 0.2) is 0 Å². The third-order valence-electron chi connectivity index (χ3n) is 2.15. The van der Waals surface area contributed by atoms with E-state index in [9.17, 15) is 9.59 Å². The Kier molecular flexibility index (Phi) is 10.3. The van der Waals surface area contributed by atoms with Gasteiger partial charge in [-0.2, -0.15) is 0 Å². The summed E-state index contributed by atoms with van der Waals surface area (Å²) in [6.45, 7) is 6.53. The van der Waals surface area contributed by atoms with Crippen LogP contribution in [0, 0.1) is 5.92 Å². The first kappa shape index (κ1) is 16.9. The predicted octanol–water partition coefficient (Wildman–Crippen LogP) is -0.499. The van der Waals surface area contributed by atoms with E-state index in [-0.39, 0.29) is 18.4 Å². The van der Waals surface area contributed by atoms with E-state index in [2.05, 4.69) is 16.0 Å². The summed E-state index contributed by atoms with van der Waals surface area (Å²) in [5.41, 5.74) is 0. The molecule has 0 aromatic rings. The molecule has 0 saturated carbocycles. The topological polar surface area (TPSA) is 79.5 Å². The normalized spacial score (nSPS) is 10.4. The van der Waals surface area contributed by atoms with Crippen molar-refractivity contribution in [1.29, 1.82) is 0 Å². The third-order valence-corrected chi connectivity index (χ3v) is 2.15. The van der Waals surface area contributed by atoms with Crippen molar-refractivity contribution in [2.75, 3.05) is 39.9 Å². The Morgan fingerprint density at radius 3 is 2.44 bits per heavy atom. The summed E-state index contributed by atoms with van der Waals surface area (Å²) in [6.07, 6.45) is 0.362. The number of carbonyl (C=O) groups is 2. The number of ether oxygens (including phenoxy) is 1. The monoisotopic (exact) mass is 259 g/mol. The minimum absolute atomic E-state index is 0.0384. The van der Waals surface area contributed by atoms with Gasteiger partial charge in [0.1, 0.15) is 0 Å². The van der Waals surface area contributed by atoms with E-state index in [1.165, 1.54) is 0 Å². The molecule has 0 spiro atoms. The number of carbonyl (C=O) groups excluding carboxylic acids is 2. The highest BCUT2D eigenvalue weighted by molar-refractivity contribution is 5.78.